The molecule has 19 heavy (non-hydrogen) atoms. The summed E-state index contributed by atoms with van der Waals surface area (Å²) in [4.78, 5) is 14.1. The highest BCUT2D eigenvalue weighted by Crippen LogP contribution is 2.41. The molecule has 1 atom stereocenters. The third-order valence-electron chi connectivity index (χ3n) is 3.83. The summed E-state index contributed by atoms with van der Waals surface area (Å²) in [5, 5.41) is 6.82. The Morgan fingerprint density at radius 1 is 1.47 bits per heavy atom. The van der Waals surface area contributed by atoms with Crippen molar-refractivity contribution in [1.82, 2.24) is 5.32 Å². The number of amides is 1. The second-order valence-corrected chi connectivity index (χ2v) is 5.62. The fraction of sp³-hybridized carbons (Fsp3) is 0.500. The molecule has 3 rings (SSSR count). The molecule has 4 nitrogen and oxygen atoms in total. The highest BCUT2D eigenvalue weighted by Gasteiger charge is 2.33. The topological polar surface area (TPSA) is 44.4 Å². The normalized spacial score (nSPS) is 21.2. The summed E-state index contributed by atoms with van der Waals surface area (Å²) in [5.41, 5.74) is 2.83. The number of benzene rings is 1. The number of halogens is 1. The Balaban J connectivity index is 1.96. The van der Waals surface area contributed by atoms with Gasteiger partial charge in [0.05, 0.1) is 10.7 Å². The zero-order chi connectivity index (χ0) is 13.6. The van der Waals surface area contributed by atoms with Crippen molar-refractivity contribution in [1.29, 1.82) is 0 Å². The molecule has 1 aliphatic carbocycles. The van der Waals surface area contributed by atoms with Crippen molar-refractivity contribution in [3.05, 3.63) is 22.7 Å². The zero-order valence-electron chi connectivity index (χ0n) is 11.2. The van der Waals surface area contributed by atoms with Crippen molar-refractivity contribution in [2.24, 2.45) is 0 Å². The van der Waals surface area contributed by atoms with E-state index in [1.165, 1.54) is 12.8 Å². The van der Waals surface area contributed by atoms with Crippen LogP contribution in [0, 0.1) is 0 Å². The standard InChI is InChI=1S/C14H18ClN3O/c1-3-16-13-9-6-10(15)12(18(2)8-4-5-8)7-11(9)17-14(13)19/h6-8,13,16H,3-5H2,1-2H3,(H,17,19). The number of hydrogen-bond acceptors (Lipinski definition) is 3. The summed E-state index contributed by atoms with van der Waals surface area (Å²) >= 11 is 6.38. The van der Waals surface area contributed by atoms with E-state index in [0.29, 0.717) is 11.1 Å². The van der Waals surface area contributed by atoms with Gasteiger partial charge in [0.1, 0.15) is 6.04 Å². The number of fused-ring (bicyclic) bond motifs is 1. The molecule has 0 aromatic heterocycles. The molecule has 1 amide bonds. The number of anilines is 2. The predicted octanol–water partition coefficient (Wildman–Crippen LogP) is 2.54. The maximum Gasteiger partial charge on any atom is 0.246 e. The highest BCUT2D eigenvalue weighted by molar-refractivity contribution is 6.33. The van der Waals surface area contributed by atoms with E-state index in [9.17, 15) is 4.79 Å². The molecule has 0 radical (unpaired) electrons. The van der Waals surface area contributed by atoms with Gasteiger partial charge in [0.2, 0.25) is 5.91 Å². The van der Waals surface area contributed by atoms with Crippen molar-refractivity contribution in [3.63, 3.8) is 0 Å². The van der Waals surface area contributed by atoms with E-state index in [4.69, 9.17) is 11.6 Å². The molecule has 1 heterocycles. The first-order chi connectivity index (χ1) is 9.11. The van der Waals surface area contributed by atoms with Crippen molar-refractivity contribution in [2.75, 3.05) is 23.8 Å². The van der Waals surface area contributed by atoms with Gasteiger partial charge >= 0.3 is 0 Å². The van der Waals surface area contributed by atoms with E-state index < -0.39 is 0 Å². The van der Waals surface area contributed by atoms with Gasteiger partial charge in [-0.2, -0.15) is 0 Å². The number of carbonyl (C=O) groups is 1. The van der Waals surface area contributed by atoms with Crippen LogP contribution in [0.2, 0.25) is 5.02 Å². The zero-order valence-corrected chi connectivity index (χ0v) is 11.9. The Morgan fingerprint density at radius 2 is 2.21 bits per heavy atom. The molecule has 5 heteroatoms. The number of nitrogens with zero attached hydrogens (tertiary/aromatic N) is 1. The second-order valence-electron chi connectivity index (χ2n) is 5.21. The number of rotatable bonds is 4. The molecular formula is C14H18ClN3O. The lowest BCUT2D eigenvalue weighted by Crippen LogP contribution is -2.27. The third-order valence-corrected chi connectivity index (χ3v) is 4.14. The molecule has 1 aromatic carbocycles. The van der Waals surface area contributed by atoms with Crippen LogP contribution in [0.3, 0.4) is 0 Å². The fourth-order valence-corrected chi connectivity index (χ4v) is 2.91. The molecule has 2 N–H and O–H groups in total. The average molecular weight is 280 g/mol. The van der Waals surface area contributed by atoms with Crippen LogP contribution in [0.25, 0.3) is 0 Å². The largest absolute Gasteiger partial charge is 0.370 e. The van der Waals surface area contributed by atoms with Gasteiger partial charge in [-0.15, -0.1) is 0 Å². The summed E-state index contributed by atoms with van der Waals surface area (Å²) in [6, 6.07) is 4.22. The van der Waals surface area contributed by atoms with Gasteiger partial charge < -0.3 is 15.5 Å². The Morgan fingerprint density at radius 3 is 2.84 bits per heavy atom. The predicted molar refractivity (Wildman–Crippen MR) is 77.9 cm³/mol. The van der Waals surface area contributed by atoms with E-state index in [1.807, 2.05) is 19.1 Å². The first-order valence-corrected chi connectivity index (χ1v) is 7.10. The summed E-state index contributed by atoms with van der Waals surface area (Å²) in [6.07, 6.45) is 2.44. The lowest BCUT2D eigenvalue weighted by Gasteiger charge is -2.21. The quantitative estimate of drug-likeness (QED) is 0.890. The maximum atomic E-state index is 11.9. The van der Waals surface area contributed by atoms with Crippen LogP contribution < -0.4 is 15.5 Å². The van der Waals surface area contributed by atoms with Gasteiger partial charge in [-0.05, 0) is 31.5 Å². The molecule has 2 aliphatic rings. The minimum atomic E-state index is -0.280. The molecule has 1 saturated carbocycles. The average Bonchev–Trinajstić information content (AvgIpc) is 3.17. The van der Waals surface area contributed by atoms with E-state index in [2.05, 4.69) is 22.6 Å². The SMILES string of the molecule is CCNC1C(=O)Nc2cc(N(C)C3CC3)c(Cl)cc21. The number of hydrogen-bond donors (Lipinski definition) is 2. The van der Waals surface area contributed by atoms with E-state index in [0.717, 1.165) is 23.5 Å². The van der Waals surface area contributed by atoms with Crippen molar-refractivity contribution in [3.8, 4) is 0 Å². The Hall–Kier alpha value is -1.26. The van der Waals surface area contributed by atoms with Gasteiger partial charge in [0.15, 0.2) is 0 Å². The Bertz CT molecular complexity index is 528. The van der Waals surface area contributed by atoms with Gasteiger partial charge in [-0.1, -0.05) is 18.5 Å². The highest BCUT2D eigenvalue weighted by atomic mass is 35.5. The van der Waals surface area contributed by atoms with Crippen LogP contribution in [0.1, 0.15) is 31.4 Å². The second kappa shape index (κ2) is 4.69. The van der Waals surface area contributed by atoms with E-state index >= 15 is 0 Å². The van der Waals surface area contributed by atoms with Gasteiger partial charge in [-0.25, -0.2) is 0 Å². The molecule has 1 fully saturated rings. The van der Waals surface area contributed by atoms with Crippen molar-refractivity contribution in [2.45, 2.75) is 31.8 Å². The van der Waals surface area contributed by atoms with Crippen LogP contribution in [0.15, 0.2) is 12.1 Å². The number of nitrogens with one attached hydrogen (secondary N) is 2. The third kappa shape index (κ3) is 2.19. The summed E-state index contributed by atoms with van der Waals surface area (Å²) in [5.74, 6) is -0.000795. The van der Waals surface area contributed by atoms with E-state index in [1.54, 1.807) is 0 Å². The van der Waals surface area contributed by atoms with Crippen molar-refractivity contribution < 1.29 is 4.79 Å². The lowest BCUT2D eigenvalue weighted by atomic mass is 10.1. The number of carbonyl (C=O) groups excluding carboxylic acids is 1. The van der Waals surface area contributed by atoms with Crippen LogP contribution in [0.5, 0.6) is 0 Å². The van der Waals surface area contributed by atoms with Crippen LogP contribution >= 0.6 is 11.6 Å². The Kier molecular flexibility index (Phi) is 3.15. The number of likely N-dealkylation sites (N-methyl/N-ethyl adjacent to an activating group) is 1. The first-order valence-electron chi connectivity index (χ1n) is 6.72. The molecule has 1 unspecified atom stereocenters. The van der Waals surface area contributed by atoms with Gasteiger partial charge in [-0.3, -0.25) is 4.79 Å². The molecular weight excluding hydrogens is 262 g/mol. The van der Waals surface area contributed by atoms with Crippen molar-refractivity contribution >= 4 is 28.9 Å². The molecule has 0 saturated heterocycles. The van der Waals surface area contributed by atoms with Crippen LogP contribution in [-0.4, -0.2) is 25.5 Å². The molecule has 102 valence electrons. The summed E-state index contributed by atoms with van der Waals surface area (Å²) in [6.45, 7) is 2.74. The molecule has 1 aliphatic heterocycles. The van der Waals surface area contributed by atoms with Crippen LogP contribution in [0.4, 0.5) is 11.4 Å². The Labute approximate surface area is 118 Å². The monoisotopic (exact) mass is 279 g/mol. The maximum absolute atomic E-state index is 11.9. The van der Waals surface area contributed by atoms with Gasteiger partial charge in [0, 0.05) is 24.3 Å². The van der Waals surface area contributed by atoms with Gasteiger partial charge in [0.25, 0.3) is 0 Å². The lowest BCUT2D eigenvalue weighted by molar-refractivity contribution is -0.117. The van der Waals surface area contributed by atoms with E-state index in [-0.39, 0.29) is 11.9 Å². The fourth-order valence-electron chi connectivity index (χ4n) is 2.61. The van der Waals surface area contributed by atoms with Crippen LogP contribution in [-0.2, 0) is 4.79 Å². The minimum Gasteiger partial charge on any atom is -0.370 e. The first kappa shape index (κ1) is 12.8. The summed E-state index contributed by atoms with van der Waals surface area (Å²) in [7, 11) is 2.06. The molecule has 0 bridgehead atoms. The summed E-state index contributed by atoms with van der Waals surface area (Å²) < 4.78 is 0. The molecule has 1 aromatic rings. The minimum absolute atomic E-state index is 0.000795. The molecule has 0 spiro atoms. The smallest absolute Gasteiger partial charge is 0.246 e.